The predicted molar refractivity (Wildman–Crippen MR) is 39.3 cm³/mol. The van der Waals surface area contributed by atoms with Crippen molar-refractivity contribution in [3.8, 4) is 0 Å². The van der Waals surface area contributed by atoms with Crippen molar-refractivity contribution in [3.05, 3.63) is 0 Å². The van der Waals surface area contributed by atoms with Gasteiger partial charge in [0.1, 0.15) is 6.29 Å². The van der Waals surface area contributed by atoms with Crippen molar-refractivity contribution in [1.82, 2.24) is 0 Å². The molecule has 2 atom stereocenters. The van der Waals surface area contributed by atoms with Crippen molar-refractivity contribution in [1.29, 1.82) is 0 Å². The predicted octanol–water partition coefficient (Wildman–Crippen LogP) is 1.32. The Balaban J connectivity index is 2.87. The Kier molecular flexibility index (Phi) is 2.56. The van der Waals surface area contributed by atoms with Gasteiger partial charge < -0.3 is 9.53 Å². The number of alkyl halides is 3. The van der Waals surface area contributed by atoms with Gasteiger partial charge in [0.05, 0.1) is 6.61 Å². The van der Waals surface area contributed by atoms with Gasteiger partial charge in [-0.2, -0.15) is 13.2 Å². The molecule has 1 saturated carbocycles. The highest BCUT2D eigenvalue weighted by Gasteiger charge is 2.76. The van der Waals surface area contributed by atoms with Gasteiger partial charge in [-0.25, -0.2) is 0 Å². The third-order valence-electron chi connectivity index (χ3n) is 2.32. The largest absolute Gasteiger partial charge is 0.465 e. The molecule has 1 aliphatic carbocycles. The highest BCUT2D eigenvalue weighted by molar-refractivity contribution is 5.87. The second-order valence-electron chi connectivity index (χ2n) is 3.14. The van der Waals surface area contributed by atoms with E-state index in [4.69, 9.17) is 0 Å². The van der Waals surface area contributed by atoms with Crippen molar-refractivity contribution in [2.24, 2.45) is 11.3 Å². The molecular formula is C8H9F3O3. The maximum atomic E-state index is 12.4. The number of halogens is 3. The second kappa shape index (κ2) is 3.25. The maximum absolute atomic E-state index is 12.4. The molecule has 1 aliphatic rings. The topological polar surface area (TPSA) is 43.4 Å². The van der Waals surface area contributed by atoms with E-state index in [-0.39, 0.29) is 12.9 Å². The summed E-state index contributed by atoms with van der Waals surface area (Å²) in [5.74, 6) is -2.62. The third-order valence-corrected chi connectivity index (χ3v) is 2.32. The summed E-state index contributed by atoms with van der Waals surface area (Å²) in [6, 6.07) is 0. The standard InChI is InChI=1S/C8H9F3O3/c1-2-14-6(13)7(8(9,10)11)3-5(7)4-12/h4-5H,2-3H2,1H3/t5?,7-/m0/s1. The van der Waals surface area contributed by atoms with Crippen LogP contribution in [-0.4, -0.2) is 25.0 Å². The summed E-state index contributed by atoms with van der Waals surface area (Å²) in [5, 5.41) is 0. The maximum Gasteiger partial charge on any atom is 0.405 e. The van der Waals surface area contributed by atoms with E-state index in [0.29, 0.717) is 0 Å². The van der Waals surface area contributed by atoms with Crippen LogP contribution in [0.25, 0.3) is 0 Å². The van der Waals surface area contributed by atoms with Crippen LogP contribution in [0.4, 0.5) is 13.2 Å². The van der Waals surface area contributed by atoms with Gasteiger partial charge in [-0.1, -0.05) is 0 Å². The average molecular weight is 210 g/mol. The number of hydrogen-bond donors (Lipinski definition) is 0. The van der Waals surface area contributed by atoms with Crippen LogP contribution in [0.15, 0.2) is 0 Å². The van der Waals surface area contributed by atoms with Gasteiger partial charge in [-0.05, 0) is 13.3 Å². The van der Waals surface area contributed by atoms with Crippen LogP contribution in [-0.2, 0) is 14.3 Å². The second-order valence-corrected chi connectivity index (χ2v) is 3.14. The lowest BCUT2D eigenvalue weighted by atomic mass is 10.0. The fraction of sp³-hybridized carbons (Fsp3) is 0.750. The van der Waals surface area contributed by atoms with Crippen molar-refractivity contribution < 1.29 is 27.5 Å². The SMILES string of the molecule is CCOC(=O)[C@]1(C(F)(F)F)CC1C=O. The molecule has 80 valence electrons. The van der Waals surface area contributed by atoms with E-state index in [0.717, 1.165) is 0 Å². The molecule has 1 fully saturated rings. The molecule has 0 N–H and O–H groups in total. The molecule has 0 spiro atoms. The van der Waals surface area contributed by atoms with Crippen LogP contribution >= 0.6 is 0 Å². The van der Waals surface area contributed by atoms with Crippen molar-refractivity contribution in [3.63, 3.8) is 0 Å². The van der Waals surface area contributed by atoms with Gasteiger partial charge >= 0.3 is 12.1 Å². The highest BCUT2D eigenvalue weighted by atomic mass is 19.4. The molecule has 0 aromatic rings. The van der Waals surface area contributed by atoms with E-state index < -0.39 is 29.9 Å². The Hall–Kier alpha value is -1.07. The molecule has 1 rings (SSSR count). The van der Waals surface area contributed by atoms with Crippen LogP contribution in [0.2, 0.25) is 0 Å². The Morgan fingerprint density at radius 3 is 2.50 bits per heavy atom. The molecule has 0 aliphatic heterocycles. The number of esters is 1. The summed E-state index contributed by atoms with van der Waals surface area (Å²) in [4.78, 5) is 21.3. The summed E-state index contributed by atoms with van der Waals surface area (Å²) in [6.07, 6.45) is -5.03. The molecule has 0 heterocycles. The molecule has 1 unspecified atom stereocenters. The van der Waals surface area contributed by atoms with Crippen LogP contribution in [0, 0.1) is 11.3 Å². The first kappa shape index (κ1) is 11.0. The molecular weight excluding hydrogens is 201 g/mol. The summed E-state index contributed by atoms with van der Waals surface area (Å²) >= 11 is 0. The quantitative estimate of drug-likeness (QED) is 0.521. The fourth-order valence-electron chi connectivity index (χ4n) is 1.39. The van der Waals surface area contributed by atoms with Gasteiger partial charge in [0.2, 0.25) is 0 Å². The Bertz CT molecular complexity index is 261. The van der Waals surface area contributed by atoms with Crippen molar-refractivity contribution in [2.75, 3.05) is 6.61 Å². The number of aldehydes is 1. The number of carbonyl (C=O) groups excluding carboxylic acids is 2. The molecule has 14 heavy (non-hydrogen) atoms. The van der Waals surface area contributed by atoms with Crippen LogP contribution in [0.1, 0.15) is 13.3 Å². The molecule has 0 saturated heterocycles. The lowest BCUT2D eigenvalue weighted by molar-refractivity contribution is -0.209. The van der Waals surface area contributed by atoms with E-state index in [1.54, 1.807) is 0 Å². The monoisotopic (exact) mass is 210 g/mol. The molecule has 3 nitrogen and oxygen atoms in total. The van der Waals surface area contributed by atoms with Gasteiger partial charge in [-0.3, -0.25) is 4.79 Å². The zero-order valence-electron chi connectivity index (χ0n) is 7.43. The first-order chi connectivity index (χ1) is 6.40. The first-order valence-electron chi connectivity index (χ1n) is 4.09. The first-order valence-corrected chi connectivity index (χ1v) is 4.09. The van der Waals surface area contributed by atoms with Gasteiger partial charge in [0.25, 0.3) is 0 Å². The Morgan fingerprint density at radius 1 is 1.64 bits per heavy atom. The summed E-state index contributed by atoms with van der Waals surface area (Å²) in [7, 11) is 0. The molecule has 6 heteroatoms. The Morgan fingerprint density at radius 2 is 2.21 bits per heavy atom. The fourth-order valence-corrected chi connectivity index (χ4v) is 1.39. The van der Waals surface area contributed by atoms with Gasteiger partial charge in [0.15, 0.2) is 5.41 Å². The van der Waals surface area contributed by atoms with Crippen LogP contribution in [0.3, 0.4) is 0 Å². The summed E-state index contributed by atoms with van der Waals surface area (Å²) in [5.41, 5.74) is -2.56. The molecule has 0 amide bonds. The van der Waals surface area contributed by atoms with Crippen molar-refractivity contribution in [2.45, 2.75) is 19.5 Å². The number of ether oxygens (including phenoxy) is 1. The van der Waals surface area contributed by atoms with E-state index in [9.17, 15) is 22.8 Å². The zero-order valence-corrected chi connectivity index (χ0v) is 7.43. The summed E-state index contributed by atoms with van der Waals surface area (Å²) < 4.78 is 41.7. The van der Waals surface area contributed by atoms with Crippen molar-refractivity contribution >= 4 is 12.3 Å². The lowest BCUT2D eigenvalue weighted by Gasteiger charge is -2.17. The molecule has 0 aromatic heterocycles. The minimum absolute atomic E-state index is 0.123. The van der Waals surface area contributed by atoms with E-state index in [1.165, 1.54) is 6.92 Å². The smallest absolute Gasteiger partial charge is 0.405 e. The van der Waals surface area contributed by atoms with Gasteiger partial charge in [0, 0.05) is 5.92 Å². The minimum atomic E-state index is -4.70. The van der Waals surface area contributed by atoms with Crippen LogP contribution in [0.5, 0.6) is 0 Å². The van der Waals surface area contributed by atoms with Gasteiger partial charge in [-0.15, -0.1) is 0 Å². The van der Waals surface area contributed by atoms with E-state index in [2.05, 4.69) is 4.74 Å². The number of rotatable bonds is 3. The molecule has 0 bridgehead atoms. The van der Waals surface area contributed by atoms with Crippen LogP contribution < -0.4 is 0 Å². The average Bonchev–Trinajstić information content (AvgIpc) is 2.78. The number of carbonyl (C=O) groups is 2. The number of hydrogen-bond acceptors (Lipinski definition) is 3. The zero-order chi connectivity index (χ0) is 11.0. The normalized spacial score (nSPS) is 31.0. The highest BCUT2D eigenvalue weighted by Crippen LogP contribution is 2.62. The third kappa shape index (κ3) is 1.38. The van der Waals surface area contributed by atoms with E-state index >= 15 is 0 Å². The Labute approximate surface area is 78.2 Å². The molecule has 0 aromatic carbocycles. The summed E-state index contributed by atoms with van der Waals surface area (Å²) in [6.45, 7) is 1.29. The lowest BCUT2D eigenvalue weighted by Crippen LogP contribution is -2.36. The minimum Gasteiger partial charge on any atom is -0.465 e. The van der Waals surface area contributed by atoms with E-state index in [1.807, 2.05) is 0 Å². The molecule has 0 radical (unpaired) electrons.